The molecule has 1 aromatic carbocycles. The second kappa shape index (κ2) is 7.42. The largest absolute Gasteiger partial charge is 0.272 e. The minimum atomic E-state index is -3.66. The summed E-state index contributed by atoms with van der Waals surface area (Å²) in [5, 5.41) is 4.43. The lowest BCUT2D eigenvalue weighted by Crippen LogP contribution is -2.28. The molecule has 0 N–H and O–H groups in total. The number of nitrogens with zero attached hydrogens (tertiary/aromatic N) is 2. The van der Waals surface area contributed by atoms with E-state index in [1.54, 1.807) is 36.6 Å². The lowest BCUT2D eigenvalue weighted by atomic mass is 10.1. The smallest absolute Gasteiger partial charge is 0.267 e. The highest BCUT2D eigenvalue weighted by atomic mass is 32.2. The van der Waals surface area contributed by atoms with Crippen molar-refractivity contribution in [1.29, 1.82) is 0 Å². The van der Waals surface area contributed by atoms with Crippen LogP contribution in [-0.2, 0) is 38.3 Å². The Hall–Kier alpha value is -1.84. The lowest BCUT2D eigenvalue weighted by molar-refractivity contribution is 0.308. The Bertz CT molecular complexity index is 993. The number of aromatic nitrogens is 2. The molecule has 1 aliphatic carbocycles. The van der Waals surface area contributed by atoms with Crippen molar-refractivity contribution < 1.29 is 16.8 Å². The summed E-state index contributed by atoms with van der Waals surface area (Å²) in [4.78, 5) is 13.3. The topological polar surface area (TPSA) is 95.3 Å². The molecule has 7 nitrogen and oxygen atoms in total. The maximum absolute atomic E-state index is 12.6. The molecule has 1 atom stereocenters. The van der Waals surface area contributed by atoms with E-state index in [0.29, 0.717) is 23.1 Å². The highest BCUT2D eigenvalue weighted by Gasteiger charge is 2.24. The van der Waals surface area contributed by atoms with Gasteiger partial charge in [0.25, 0.3) is 15.7 Å². The van der Waals surface area contributed by atoms with Gasteiger partial charge in [-0.05, 0) is 37.0 Å². The van der Waals surface area contributed by atoms with Gasteiger partial charge in [0.05, 0.1) is 18.6 Å². The van der Waals surface area contributed by atoms with Crippen LogP contribution < -0.4 is 5.56 Å². The molecule has 3 rings (SSSR count). The zero-order chi connectivity index (χ0) is 18.9. The van der Waals surface area contributed by atoms with E-state index in [0.717, 1.165) is 24.7 Å². The predicted octanol–water partition coefficient (Wildman–Crippen LogP) is 1.53. The number of rotatable bonds is 7. The standard InChI is InChI=1S/C17H20N2O5S2/c1-25(21)15-7-5-13(6-8-15)16-9-14(11-24-26(2,22)23)17(20)19(18-16)10-12-3-4-12/h5-9,12H,3-4,10-11H2,1-2H3. The highest BCUT2D eigenvalue weighted by Crippen LogP contribution is 2.30. The van der Waals surface area contributed by atoms with Gasteiger partial charge >= 0.3 is 0 Å². The molecule has 1 heterocycles. The fraction of sp³-hybridized carbons (Fsp3) is 0.412. The molecular weight excluding hydrogens is 376 g/mol. The zero-order valence-corrected chi connectivity index (χ0v) is 16.2. The molecule has 1 fully saturated rings. The van der Waals surface area contributed by atoms with Crippen LogP contribution in [0.1, 0.15) is 18.4 Å². The van der Waals surface area contributed by atoms with Gasteiger partial charge in [-0.3, -0.25) is 13.2 Å². The van der Waals surface area contributed by atoms with Crippen molar-refractivity contribution in [2.75, 3.05) is 12.5 Å². The number of benzene rings is 1. The molecule has 1 aliphatic rings. The third kappa shape index (κ3) is 4.87. The second-order valence-corrected chi connectivity index (χ2v) is 9.45. The summed E-state index contributed by atoms with van der Waals surface area (Å²) in [7, 11) is -4.74. The summed E-state index contributed by atoms with van der Waals surface area (Å²) in [6, 6.07) is 8.61. The fourth-order valence-corrected chi connectivity index (χ4v) is 3.36. The van der Waals surface area contributed by atoms with Gasteiger partial charge in [-0.25, -0.2) is 4.68 Å². The molecule has 0 amide bonds. The third-order valence-corrected chi connectivity index (χ3v) is 5.57. The van der Waals surface area contributed by atoms with Gasteiger partial charge in [0, 0.05) is 39.6 Å². The quantitative estimate of drug-likeness (QED) is 0.659. The Morgan fingerprint density at radius 3 is 2.46 bits per heavy atom. The van der Waals surface area contributed by atoms with E-state index in [4.69, 9.17) is 4.18 Å². The van der Waals surface area contributed by atoms with Crippen molar-refractivity contribution in [2.45, 2.75) is 30.9 Å². The predicted molar refractivity (Wildman–Crippen MR) is 98.6 cm³/mol. The average molecular weight is 396 g/mol. The van der Waals surface area contributed by atoms with Crippen LogP contribution >= 0.6 is 0 Å². The first kappa shape index (κ1) is 18.9. The Labute approximate surface area is 154 Å². The maximum atomic E-state index is 12.6. The van der Waals surface area contributed by atoms with Crippen molar-refractivity contribution in [3.63, 3.8) is 0 Å². The number of hydrogen-bond donors (Lipinski definition) is 0. The van der Waals surface area contributed by atoms with Gasteiger partial charge in [-0.15, -0.1) is 0 Å². The number of hydrogen-bond acceptors (Lipinski definition) is 6. The van der Waals surface area contributed by atoms with Gasteiger partial charge in [0.1, 0.15) is 0 Å². The summed E-state index contributed by atoms with van der Waals surface area (Å²) in [6.07, 6.45) is 4.67. The Morgan fingerprint density at radius 1 is 1.27 bits per heavy atom. The first-order valence-electron chi connectivity index (χ1n) is 8.12. The molecule has 0 aliphatic heterocycles. The van der Waals surface area contributed by atoms with Crippen LogP contribution in [0.2, 0.25) is 0 Å². The average Bonchev–Trinajstić information content (AvgIpc) is 3.39. The van der Waals surface area contributed by atoms with Crippen LogP contribution in [-0.4, -0.2) is 34.9 Å². The first-order valence-corrected chi connectivity index (χ1v) is 11.5. The fourth-order valence-electron chi connectivity index (χ4n) is 2.50. The molecule has 0 radical (unpaired) electrons. The van der Waals surface area contributed by atoms with Gasteiger partial charge < -0.3 is 0 Å². The molecule has 26 heavy (non-hydrogen) atoms. The summed E-state index contributed by atoms with van der Waals surface area (Å²) < 4.78 is 40.3. The molecule has 0 bridgehead atoms. The molecular formula is C17H20N2O5S2. The first-order chi connectivity index (χ1) is 12.2. The SMILES string of the molecule is CS(=O)c1ccc(-c2cc(COS(C)(=O)=O)c(=O)n(CC3CC3)n2)cc1. The van der Waals surface area contributed by atoms with E-state index >= 15 is 0 Å². The zero-order valence-electron chi connectivity index (χ0n) is 14.5. The molecule has 1 aromatic heterocycles. The van der Waals surface area contributed by atoms with Gasteiger partial charge in [-0.1, -0.05) is 12.1 Å². The van der Waals surface area contributed by atoms with Gasteiger partial charge in [-0.2, -0.15) is 13.5 Å². The van der Waals surface area contributed by atoms with E-state index < -0.39 is 20.9 Å². The van der Waals surface area contributed by atoms with Gasteiger partial charge in [0.15, 0.2) is 0 Å². The summed E-state index contributed by atoms with van der Waals surface area (Å²) >= 11 is 0. The van der Waals surface area contributed by atoms with Crippen LogP contribution in [0.15, 0.2) is 40.0 Å². The van der Waals surface area contributed by atoms with E-state index in [2.05, 4.69) is 5.10 Å². The van der Waals surface area contributed by atoms with Crippen molar-refractivity contribution in [1.82, 2.24) is 9.78 Å². The van der Waals surface area contributed by atoms with Crippen molar-refractivity contribution in [2.24, 2.45) is 5.92 Å². The Morgan fingerprint density at radius 2 is 1.92 bits per heavy atom. The van der Waals surface area contributed by atoms with Crippen LogP contribution in [0.4, 0.5) is 0 Å². The van der Waals surface area contributed by atoms with E-state index in [1.165, 1.54) is 4.68 Å². The Kier molecular flexibility index (Phi) is 5.40. The molecule has 0 spiro atoms. The molecule has 140 valence electrons. The monoisotopic (exact) mass is 396 g/mol. The van der Waals surface area contributed by atoms with E-state index in [1.807, 2.05) is 0 Å². The molecule has 0 saturated heterocycles. The lowest BCUT2D eigenvalue weighted by Gasteiger charge is -2.11. The van der Waals surface area contributed by atoms with Crippen molar-refractivity contribution in [3.05, 3.63) is 46.2 Å². The van der Waals surface area contributed by atoms with Crippen molar-refractivity contribution in [3.8, 4) is 11.3 Å². The van der Waals surface area contributed by atoms with Crippen LogP contribution in [0.3, 0.4) is 0 Å². The minimum absolute atomic E-state index is 0.240. The second-order valence-electron chi connectivity index (χ2n) is 6.43. The highest BCUT2D eigenvalue weighted by molar-refractivity contribution is 7.86. The Balaban J connectivity index is 2.00. The normalized spacial score (nSPS) is 15.8. The third-order valence-electron chi connectivity index (χ3n) is 4.09. The molecule has 1 saturated carbocycles. The van der Waals surface area contributed by atoms with E-state index in [-0.39, 0.29) is 17.7 Å². The van der Waals surface area contributed by atoms with Crippen molar-refractivity contribution >= 4 is 20.9 Å². The van der Waals surface area contributed by atoms with Crippen LogP contribution in [0.25, 0.3) is 11.3 Å². The van der Waals surface area contributed by atoms with E-state index in [9.17, 15) is 17.4 Å². The van der Waals surface area contributed by atoms with Crippen LogP contribution in [0.5, 0.6) is 0 Å². The molecule has 1 unspecified atom stereocenters. The molecule has 9 heteroatoms. The summed E-state index contributed by atoms with van der Waals surface area (Å²) in [5.41, 5.74) is 1.20. The maximum Gasteiger partial charge on any atom is 0.272 e. The summed E-state index contributed by atoms with van der Waals surface area (Å²) in [5.74, 6) is 0.434. The minimum Gasteiger partial charge on any atom is -0.267 e. The van der Waals surface area contributed by atoms with Gasteiger partial charge in [0.2, 0.25) is 0 Å². The summed E-state index contributed by atoms with van der Waals surface area (Å²) in [6.45, 7) is 0.185. The molecule has 2 aromatic rings. The van der Waals surface area contributed by atoms with Crippen LogP contribution in [0, 0.1) is 5.92 Å².